The first-order valence-corrected chi connectivity index (χ1v) is 5.68. The van der Waals surface area contributed by atoms with Gasteiger partial charge in [-0.15, -0.1) is 0 Å². The van der Waals surface area contributed by atoms with Crippen molar-refractivity contribution in [2.45, 2.75) is 25.6 Å². The van der Waals surface area contributed by atoms with Crippen molar-refractivity contribution in [1.29, 1.82) is 0 Å². The van der Waals surface area contributed by atoms with Gasteiger partial charge in [0, 0.05) is 18.0 Å². The minimum absolute atomic E-state index is 0.266. The first kappa shape index (κ1) is 13.5. The van der Waals surface area contributed by atoms with Gasteiger partial charge in [0.15, 0.2) is 5.82 Å². The van der Waals surface area contributed by atoms with Crippen LogP contribution in [0.1, 0.15) is 30.6 Å². The van der Waals surface area contributed by atoms with Crippen molar-refractivity contribution in [2.75, 3.05) is 0 Å². The summed E-state index contributed by atoms with van der Waals surface area (Å²) in [4.78, 5) is 3.71. The molecule has 0 fully saturated rings. The predicted molar refractivity (Wildman–Crippen MR) is 61.6 cm³/mol. The van der Waals surface area contributed by atoms with Gasteiger partial charge >= 0.3 is 6.18 Å². The molecule has 0 saturated carbocycles. The monoisotopic (exact) mass is 271 g/mol. The SMILES string of the molecule is CCC(O)c1cnn(-c2ccc(C(F)(F)F)cn2)c1. The van der Waals surface area contributed by atoms with Crippen molar-refractivity contribution in [2.24, 2.45) is 0 Å². The average Bonchev–Trinajstić information content (AvgIpc) is 2.86. The molecule has 19 heavy (non-hydrogen) atoms. The molecule has 0 aliphatic rings. The zero-order chi connectivity index (χ0) is 14.0. The fourth-order valence-electron chi connectivity index (χ4n) is 1.56. The second kappa shape index (κ2) is 5.00. The number of halogens is 3. The summed E-state index contributed by atoms with van der Waals surface area (Å²) in [6.45, 7) is 1.82. The maximum Gasteiger partial charge on any atom is 0.417 e. The lowest BCUT2D eigenvalue weighted by Gasteiger charge is -2.06. The molecule has 0 amide bonds. The Bertz CT molecular complexity index is 548. The van der Waals surface area contributed by atoms with Crippen LogP contribution in [0.25, 0.3) is 5.82 Å². The third-order valence-corrected chi connectivity index (χ3v) is 2.68. The van der Waals surface area contributed by atoms with Crippen LogP contribution in [-0.4, -0.2) is 19.9 Å². The van der Waals surface area contributed by atoms with E-state index in [1.165, 1.54) is 16.9 Å². The van der Waals surface area contributed by atoms with Gasteiger partial charge < -0.3 is 5.11 Å². The molecule has 2 rings (SSSR count). The van der Waals surface area contributed by atoms with E-state index in [0.29, 0.717) is 12.0 Å². The fraction of sp³-hybridized carbons (Fsp3) is 0.333. The maximum atomic E-state index is 12.4. The molecule has 1 N–H and O–H groups in total. The highest BCUT2D eigenvalue weighted by Gasteiger charge is 2.30. The van der Waals surface area contributed by atoms with Crippen LogP contribution in [0, 0.1) is 0 Å². The Labute approximate surface area is 107 Å². The zero-order valence-corrected chi connectivity index (χ0v) is 10.1. The lowest BCUT2D eigenvalue weighted by atomic mass is 10.2. The van der Waals surface area contributed by atoms with E-state index < -0.39 is 17.8 Å². The number of pyridine rings is 1. The number of aliphatic hydroxyl groups excluding tert-OH is 1. The quantitative estimate of drug-likeness (QED) is 0.933. The highest BCUT2D eigenvalue weighted by Crippen LogP contribution is 2.28. The van der Waals surface area contributed by atoms with E-state index in [-0.39, 0.29) is 5.82 Å². The molecule has 2 aromatic heterocycles. The third-order valence-electron chi connectivity index (χ3n) is 2.68. The van der Waals surface area contributed by atoms with E-state index in [1.54, 1.807) is 6.20 Å². The van der Waals surface area contributed by atoms with Crippen molar-refractivity contribution in [3.8, 4) is 5.82 Å². The maximum absolute atomic E-state index is 12.4. The highest BCUT2D eigenvalue weighted by atomic mass is 19.4. The number of aliphatic hydroxyl groups is 1. The van der Waals surface area contributed by atoms with Crippen LogP contribution in [0.4, 0.5) is 13.2 Å². The normalized spacial score (nSPS) is 13.5. The molecule has 0 bridgehead atoms. The van der Waals surface area contributed by atoms with Crippen molar-refractivity contribution in [1.82, 2.24) is 14.8 Å². The van der Waals surface area contributed by atoms with Gasteiger partial charge in [-0.05, 0) is 18.6 Å². The Hall–Kier alpha value is -1.89. The van der Waals surface area contributed by atoms with Crippen LogP contribution in [0.5, 0.6) is 0 Å². The van der Waals surface area contributed by atoms with Gasteiger partial charge in [-0.2, -0.15) is 18.3 Å². The minimum atomic E-state index is -4.40. The number of hydrogen-bond acceptors (Lipinski definition) is 3. The van der Waals surface area contributed by atoms with Crippen molar-refractivity contribution in [3.05, 3.63) is 41.9 Å². The minimum Gasteiger partial charge on any atom is -0.388 e. The van der Waals surface area contributed by atoms with Crippen LogP contribution in [0.3, 0.4) is 0 Å². The molecule has 2 aromatic rings. The molecule has 1 atom stereocenters. The summed E-state index contributed by atoms with van der Waals surface area (Å²) in [5.74, 6) is 0.266. The van der Waals surface area contributed by atoms with E-state index in [1.807, 2.05) is 6.92 Å². The van der Waals surface area contributed by atoms with Crippen molar-refractivity contribution in [3.63, 3.8) is 0 Å². The van der Waals surface area contributed by atoms with Crippen LogP contribution >= 0.6 is 0 Å². The first-order chi connectivity index (χ1) is 8.91. The summed E-state index contributed by atoms with van der Waals surface area (Å²) < 4.78 is 38.5. The largest absolute Gasteiger partial charge is 0.417 e. The molecule has 2 heterocycles. The summed E-state index contributed by atoms with van der Waals surface area (Å²) in [6, 6.07) is 2.18. The third kappa shape index (κ3) is 2.93. The average molecular weight is 271 g/mol. The summed E-state index contributed by atoms with van der Waals surface area (Å²) in [5.41, 5.74) is -0.207. The summed E-state index contributed by atoms with van der Waals surface area (Å²) in [7, 11) is 0. The number of aromatic nitrogens is 3. The van der Waals surface area contributed by atoms with E-state index in [2.05, 4.69) is 10.1 Å². The Morgan fingerprint density at radius 1 is 1.32 bits per heavy atom. The van der Waals surface area contributed by atoms with Crippen molar-refractivity contribution >= 4 is 0 Å². The Balaban J connectivity index is 2.25. The molecule has 0 spiro atoms. The number of rotatable bonds is 3. The van der Waals surface area contributed by atoms with Crippen LogP contribution < -0.4 is 0 Å². The fourth-order valence-corrected chi connectivity index (χ4v) is 1.56. The molecule has 0 aliphatic carbocycles. The summed E-state index contributed by atoms with van der Waals surface area (Å²) in [5, 5.41) is 13.6. The Morgan fingerprint density at radius 2 is 2.05 bits per heavy atom. The molecule has 102 valence electrons. The highest BCUT2D eigenvalue weighted by molar-refractivity contribution is 5.27. The second-order valence-corrected chi connectivity index (χ2v) is 4.05. The topological polar surface area (TPSA) is 50.9 Å². The first-order valence-electron chi connectivity index (χ1n) is 5.68. The molecular formula is C12H12F3N3O. The van der Waals surface area contributed by atoms with Gasteiger partial charge in [-0.1, -0.05) is 6.92 Å². The molecule has 0 saturated heterocycles. The lowest BCUT2D eigenvalue weighted by molar-refractivity contribution is -0.137. The van der Waals surface area contributed by atoms with Crippen LogP contribution in [-0.2, 0) is 6.18 Å². The van der Waals surface area contributed by atoms with Gasteiger partial charge in [0.1, 0.15) is 0 Å². The number of nitrogens with zero attached hydrogens (tertiary/aromatic N) is 3. The molecule has 7 heteroatoms. The smallest absolute Gasteiger partial charge is 0.388 e. The second-order valence-electron chi connectivity index (χ2n) is 4.05. The van der Waals surface area contributed by atoms with Crippen LogP contribution in [0.2, 0.25) is 0 Å². The molecule has 0 aliphatic heterocycles. The molecule has 0 aromatic carbocycles. The van der Waals surface area contributed by atoms with Crippen molar-refractivity contribution < 1.29 is 18.3 Å². The molecule has 4 nitrogen and oxygen atoms in total. The van der Waals surface area contributed by atoms with E-state index in [4.69, 9.17) is 0 Å². The van der Waals surface area contributed by atoms with Gasteiger partial charge in [0.05, 0.1) is 17.9 Å². The molecule has 1 unspecified atom stereocenters. The Morgan fingerprint density at radius 3 is 2.58 bits per heavy atom. The van der Waals surface area contributed by atoms with E-state index >= 15 is 0 Å². The molecule has 0 radical (unpaired) electrons. The van der Waals surface area contributed by atoms with E-state index in [0.717, 1.165) is 12.3 Å². The predicted octanol–water partition coefficient (Wildman–Crippen LogP) is 2.73. The van der Waals surface area contributed by atoms with Gasteiger partial charge in [-0.25, -0.2) is 9.67 Å². The number of hydrogen-bond donors (Lipinski definition) is 1. The Kier molecular flexibility index (Phi) is 3.57. The van der Waals surface area contributed by atoms with Gasteiger partial charge in [-0.3, -0.25) is 0 Å². The van der Waals surface area contributed by atoms with Gasteiger partial charge in [0.25, 0.3) is 0 Å². The van der Waals surface area contributed by atoms with Gasteiger partial charge in [0.2, 0.25) is 0 Å². The lowest BCUT2D eigenvalue weighted by Crippen LogP contribution is -2.06. The zero-order valence-electron chi connectivity index (χ0n) is 10.1. The van der Waals surface area contributed by atoms with Crippen LogP contribution in [0.15, 0.2) is 30.7 Å². The standard InChI is InChI=1S/C12H12F3N3O/c1-2-10(19)8-5-17-18(7-8)11-4-3-9(6-16-11)12(13,14)15/h3-7,10,19H,2H2,1H3. The summed E-state index contributed by atoms with van der Waals surface area (Å²) >= 11 is 0. The summed E-state index contributed by atoms with van der Waals surface area (Å²) in [6.07, 6.45) is -0.738. The number of alkyl halides is 3. The molecular weight excluding hydrogens is 259 g/mol. The van der Waals surface area contributed by atoms with E-state index in [9.17, 15) is 18.3 Å².